The molecule has 0 heteroatoms. The summed E-state index contributed by atoms with van der Waals surface area (Å²) < 4.78 is 0. The van der Waals surface area contributed by atoms with Crippen molar-refractivity contribution in [1.82, 2.24) is 0 Å². The van der Waals surface area contributed by atoms with Crippen molar-refractivity contribution in [2.45, 2.75) is 0 Å². The van der Waals surface area contributed by atoms with Crippen LogP contribution in [0, 0.1) is 0 Å². The third-order valence-corrected chi connectivity index (χ3v) is 10.3. The van der Waals surface area contributed by atoms with E-state index in [-0.39, 0.29) is 0 Å². The lowest BCUT2D eigenvalue weighted by atomic mass is 9.79. The van der Waals surface area contributed by atoms with Gasteiger partial charge in [0, 0.05) is 0 Å². The number of hydrogen-bond acceptors (Lipinski definition) is 0. The van der Waals surface area contributed by atoms with Crippen LogP contribution in [0.3, 0.4) is 0 Å². The largest absolute Gasteiger partial charge is 0.0616 e. The minimum Gasteiger partial charge on any atom is -0.0616 e. The molecule has 0 saturated carbocycles. The van der Waals surface area contributed by atoms with Crippen LogP contribution < -0.4 is 20.9 Å². The summed E-state index contributed by atoms with van der Waals surface area (Å²) in [5, 5.41) is 26.8. The first kappa shape index (κ1) is 22.8. The van der Waals surface area contributed by atoms with Gasteiger partial charge in [-0.3, -0.25) is 0 Å². The molecule has 0 saturated heterocycles. The van der Waals surface area contributed by atoms with Gasteiger partial charge in [0.15, 0.2) is 0 Å². The van der Waals surface area contributed by atoms with Gasteiger partial charge < -0.3 is 0 Å². The monoisotopic (exact) mass is 552 g/mol. The number of benzene rings is 9. The number of rotatable bonds is 0. The summed E-state index contributed by atoms with van der Waals surface area (Å²) in [5.74, 6) is 0. The molecular weight excluding hydrogens is 528 g/mol. The molecule has 0 nitrogen and oxygen atoms in total. The zero-order valence-corrected chi connectivity index (χ0v) is 23.9. The lowest BCUT2D eigenvalue weighted by Gasteiger charge is -2.23. The SMILES string of the molecule is C1=CC=c2c3ccccc3c3c4c2c(c2ccccc2c4c2c4ccccc4c4c5c(c6ccccc6c3c52)=CC=CC=4)=C1. The molecule has 2 aliphatic rings. The number of fused-ring (bicyclic) bond motifs is 14. The molecule has 11 rings (SSSR count). The van der Waals surface area contributed by atoms with Gasteiger partial charge in [-0.1, -0.05) is 146 Å². The summed E-state index contributed by atoms with van der Waals surface area (Å²) in [4.78, 5) is 0. The normalized spacial score (nSPS) is 14.0. The van der Waals surface area contributed by atoms with Gasteiger partial charge in [-0.25, -0.2) is 0 Å². The Labute approximate surface area is 252 Å². The van der Waals surface area contributed by atoms with Crippen molar-refractivity contribution in [3.63, 3.8) is 0 Å². The van der Waals surface area contributed by atoms with Crippen LogP contribution in [0.25, 0.3) is 110 Å². The van der Waals surface area contributed by atoms with Gasteiger partial charge in [-0.15, -0.1) is 0 Å². The van der Waals surface area contributed by atoms with E-state index < -0.39 is 0 Å². The van der Waals surface area contributed by atoms with Gasteiger partial charge in [-0.05, 0) is 107 Å². The number of hydrogen-bond donors (Lipinski definition) is 0. The van der Waals surface area contributed by atoms with Crippen molar-refractivity contribution in [1.29, 1.82) is 0 Å². The first-order valence-electron chi connectivity index (χ1n) is 15.5. The maximum absolute atomic E-state index is 2.35. The fraction of sp³-hybridized carbons (Fsp3) is 0. The maximum atomic E-state index is 2.35. The Morgan fingerprint density at radius 2 is 0.432 bits per heavy atom. The average molecular weight is 553 g/mol. The van der Waals surface area contributed by atoms with Crippen molar-refractivity contribution in [2.24, 2.45) is 0 Å². The highest BCUT2D eigenvalue weighted by atomic mass is 14.3. The second-order valence-corrected chi connectivity index (χ2v) is 12.3. The van der Waals surface area contributed by atoms with Gasteiger partial charge in [-0.2, -0.15) is 0 Å². The molecule has 9 aromatic carbocycles. The smallest absolute Gasteiger partial charge is 0.0000929 e. The quantitative estimate of drug-likeness (QED) is 0.131. The van der Waals surface area contributed by atoms with Gasteiger partial charge in [0.25, 0.3) is 0 Å². The standard InChI is InChI=1S/C44H24/c1-5-21-33-25(13-1)29-17-9-10-18-30-26-14-2-7-23-35(26)41-42-36-24-8-4-16-28(36)32-20-12-11-19-31-27-15-3-6-22-34(27)40(44(42)38(31)32)39(33)43(41)37(29)30/h1-24H. The molecule has 0 bridgehead atoms. The highest BCUT2D eigenvalue weighted by Crippen LogP contribution is 2.47. The van der Waals surface area contributed by atoms with Crippen molar-refractivity contribution < 1.29 is 0 Å². The van der Waals surface area contributed by atoms with Crippen LogP contribution >= 0.6 is 0 Å². The van der Waals surface area contributed by atoms with E-state index in [9.17, 15) is 0 Å². The molecule has 0 amide bonds. The molecule has 0 heterocycles. The summed E-state index contributed by atoms with van der Waals surface area (Å²) >= 11 is 0. The molecule has 200 valence electrons. The highest BCUT2D eigenvalue weighted by Gasteiger charge is 2.24. The molecular formula is C44H24. The Kier molecular flexibility index (Phi) is 4.15. The molecule has 44 heavy (non-hydrogen) atoms. The second-order valence-electron chi connectivity index (χ2n) is 12.3. The zero-order valence-electron chi connectivity index (χ0n) is 23.9. The molecule has 0 aromatic heterocycles. The van der Waals surface area contributed by atoms with E-state index in [2.05, 4.69) is 146 Å². The second kappa shape index (κ2) is 8.01. The van der Waals surface area contributed by atoms with Crippen LogP contribution in [0.4, 0.5) is 0 Å². The van der Waals surface area contributed by atoms with E-state index in [4.69, 9.17) is 0 Å². The van der Waals surface area contributed by atoms with E-state index in [1.807, 2.05) is 0 Å². The molecule has 0 aliphatic heterocycles. The Morgan fingerprint density at radius 1 is 0.205 bits per heavy atom. The molecule has 9 aromatic rings. The maximum Gasteiger partial charge on any atom is -0.0000929 e. The predicted octanol–water partition coefficient (Wildman–Crippen LogP) is 8.61. The van der Waals surface area contributed by atoms with Gasteiger partial charge >= 0.3 is 0 Å². The van der Waals surface area contributed by atoms with Crippen LogP contribution in [-0.4, -0.2) is 0 Å². The average Bonchev–Trinajstić information content (AvgIpc) is 3.46. The molecule has 2 aliphatic carbocycles. The lowest BCUT2D eigenvalue weighted by molar-refractivity contribution is 1.71. The summed E-state index contributed by atoms with van der Waals surface area (Å²) in [7, 11) is 0. The zero-order chi connectivity index (χ0) is 28.5. The van der Waals surface area contributed by atoms with E-state index in [1.54, 1.807) is 0 Å². The lowest BCUT2D eigenvalue weighted by Crippen LogP contribution is -2.19. The minimum atomic E-state index is 1.31. The van der Waals surface area contributed by atoms with Crippen LogP contribution in [0.5, 0.6) is 0 Å². The fourth-order valence-corrected chi connectivity index (χ4v) is 8.74. The third kappa shape index (κ3) is 2.58. The Morgan fingerprint density at radius 3 is 0.682 bits per heavy atom. The van der Waals surface area contributed by atoms with Crippen molar-refractivity contribution in [3.05, 3.63) is 142 Å². The minimum absolute atomic E-state index is 1.31. The fourth-order valence-electron chi connectivity index (χ4n) is 8.74. The summed E-state index contributed by atoms with van der Waals surface area (Å²) in [6.07, 6.45) is 18.2. The van der Waals surface area contributed by atoms with Crippen LogP contribution in [0.1, 0.15) is 0 Å². The van der Waals surface area contributed by atoms with Gasteiger partial charge in [0.1, 0.15) is 0 Å². The Balaban J connectivity index is 1.72. The molecule has 0 spiro atoms. The summed E-state index contributed by atoms with van der Waals surface area (Å²) in [6.45, 7) is 0. The summed E-state index contributed by atoms with van der Waals surface area (Å²) in [5.41, 5.74) is 0. The van der Waals surface area contributed by atoms with Gasteiger partial charge in [0.2, 0.25) is 0 Å². The predicted molar refractivity (Wildman–Crippen MR) is 192 cm³/mol. The summed E-state index contributed by atoms with van der Waals surface area (Å²) in [6, 6.07) is 36.3. The first-order chi connectivity index (χ1) is 21.9. The topological polar surface area (TPSA) is 0 Å². The Bertz CT molecular complexity index is 2710. The molecule has 0 radical (unpaired) electrons. The third-order valence-electron chi connectivity index (χ3n) is 10.3. The van der Waals surface area contributed by atoms with E-state index >= 15 is 0 Å². The van der Waals surface area contributed by atoms with Crippen molar-refractivity contribution >= 4 is 110 Å². The van der Waals surface area contributed by atoms with E-state index in [0.717, 1.165) is 0 Å². The van der Waals surface area contributed by atoms with E-state index in [1.165, 1.54) is 107 Å². The van der Waals surface area contributed by atoms with Crippen LogP contribution in [0.15, 0.2) is 121 Å². The van der Waals surface area contributed by atoms with Crippen molar-refractivity contribution in [2.75, 3.05) is 0 Å². The van der Waals surface area contributed by atoms with Crippen LogP contribution in [-0.2, 0) is 0 Å². The first-order valence-corrected chi connectivity index (χ1v) is 15.5. The van der Waals surface area contributed by atoms with E-state index in [0.29, 0.717) is 0 Å². The molecule has 0 atom stereocenters. The molecule has 0 N–H and O–H groups in total. The Hall–Kier alpha value is -5.72. The highest BCUT2D eigenvalue weighted by molar-refractivity contribution is 6.48. The van der Waals surface area contributed by atoms with Crippen molar-refractivity contribution in [3.8, 4) is 0 Å². The van der Waals surface area contributed by atoms with Gasteiger partial charge in [0.05, 0.1) is 0 Å². The number of allylic oxidation sites excluding steroid dienone is 4. The van der Waals surface area contributed by atoms with Crippen LogP contribution in [0.2, 0.25) is 0 Å². The molecule has 0 fully saturated rings. The molecule has 0 unspecified atom stereocenters.